The van der Waals surface area contributed by atoms with Crippen LogP contribution in [0.3, 0.4) is 0 Å². The minimum absolute atomic E-state index is 0.0343. The minimum atomic E-state index is 0.0343. The molecular formula is C17H18N6O2S. The summed E-state index contributed by atoms with van der Waals surface area (Å²) in [6.07, 6.45) is 3.28. The minimum Gasteiger partial charge on any atom is -0.337 e. The van der Waals surface area contributed by atoms with E-state index in [0.717, 1.165) is 35.9 Å². The van der Waals surface area contributed by atoms with Gasteiger partial charge in [0.2, 0.25) is 0 Å². The Hall–Kier alpha value is -2.68. The fraction of sp³-hybridized carbons (Fsp3) is 0.353. The van der Waals surface area contributed by atoms with Crippen LogP contribution in [0, 0.1) is 13.8 Å². The van der Waals surface area contributed by atoms with Gasteiger partial charge in [-0.2, -0.15) is 21.8 Å². The summed E-state index contributed by atoms with van der Waals surface area (Å²) in [6, 6.07) is 3.67. The summed E-state index contributed by atoms with van der Waals surface area (Å²) in [5.74, 6) is 3.64. The Morgan fingerprint density at radius 1 is 1.19 bits per heavy atom. The van der Waals surface area contributed by atoms with E-state index in [0.29, 0.717) is 23.1 Å². The molecule has 3 aromatic rings. The number of hydrogen-bond acceptors (Lipinski definition) is 7. The largest absolute Gasteiger partial charge is 0.337 e. The summed E-state index contributed by atoms with van der Waals surface area (Å²) in [4.78, 5) is 23.2. The van der Waals surface area contributed by atoms with Gasteiger partial charge in [0.05, 0.1) is 23.0 Å². The normalized spacial score (nSPS) is 14.6. The highest BCUT2D eigenvalue weighted by Gasteiger charge is 2.23. The van der Waals surface area contributed by atoms with E-state index >= 15 is 0 Å². The van der Waals surface area contributed by atoms with Crippen molar-refractivity contribution in [1.82, 2.24) is 29.8 Å². The first-order chi connectivity index (χ1) is 12.6. The van der Waals surface area contributed by atoms with E-state index < -0.39 is 0 Å². The molecule has 0 radical (unpaired) electrons. The molecule has 1 fully saturated rings. The maximum absolute atomic E-state index is 12.7. The predicted octanol–water partition coefficient (Wildman–Crippen LogP) is 2.12. The third kappa shape index (κ3) is 3.10. The molecule has 1 amide bonds. The second kappa shape index (κ2) is 6.91. The van der Waals surface area contributed by atoms with Gasteiger partial charge < -0.3 is 9.42 Å². The van der Waals surface area contributed by atoms with Crippen LogP contribution in [-0.2, 0) is 0 Å². The molecule has 0 saturated carbocycles. The number of pyridine rings is 1. The first-order valence-electron chi connectivity index (χ1n) is 8.32. The Morgan fingerprint density at radius 3 is 2.65 bits per heavy atom. The molecule has 4 heterocycles. The lowest BCUT2D eigenvalue weighted by atomic mass is 10.2. The average molecular weight is 370 g/mol. The standard InChI is InChI=1S/C17H18N6O2S/c1-11-14(17(24)22-5-7-26-8-6-22)10-19-23(11)15-4-3-13(9-18-15)16-20-12(2)21-25-16/h3-4,9-10H,5-8H2,1-2H3. The molecule has 134 valence electrons. The molecule has 0 atom stereocenters. The van der Waals surface area contributed by atoms with Crippen LogP contribution in [0.1, 0.15) is 21.9 Å². The molecule has 0 unspecified atom stereocenters. The lowest BCUT2D eigenvalue weighted by Crippen LogP contribution is -2.38. The third-order valence-corrected chi connectivity index (χ3v) is 5.22. The molecule has 0 bridgehead atoms. The number of aromatic nitrogens is 5. The van der Waals surface area contributed by atoms with E-state index in [1.165, 1.54) is 0 Å². The van der Waals surface area contributed by atoms with E-state index in [-0.39, 0.29) is 5.91 Å². The van der Waals surface area contributed by atoms with Gasteiger partial charge in [-0.15, -0.1) is 0 Å². The molecule has 3 aromatic heterocycles. The monoisotopic (exact) mass is 370 g/mol. The van der Waals surface area contributed by atoms with Crippen LogP contribution in [0.5, 0.6) is 0 Å². The van der Waals surface area contributed by atoms with Gasteiger partial charge in [-0.25, -0.2) is 9.67 Å². The van der Waals surface area contributed by atoms with Gasteiger partial charge in [-0.3, -0.25) is 4.79 Å². The van der Waals surface area contributed by atoms with Crippen molar-refractivity contribution in [2.75, 3.05) is 24.6 Å². The summed E-state index contributed by atoms with van der Waals surface area (Å²) in [6.45, 7) is 5.21. The fourth-order valence-electron chi connectivity index (χ4n) is 2.84. The summed E-state index contributed by atoms with van der Waals surface area (Å²) in [5.41, 5.74) is 2.14. The quantitative estimate of drug-likeness (QED) is 0.697. The highest BCUT2D eigenvalue weighted by molar-refractivity contribution is 7.99. The molecule has 0 aliphatic carbocycles. The number of nitrogens with zero attached hydrogens (tertiary/aromatic N) is 6. The molecule has 4 rings (SSSR count). The lowest BCUT2D eigenvalue weighted by molar-refractivity contribution is 0.0771. The molecule has 1 saturated heterocycles. The zero-order chi connectivity index (χ0) is 18.1. The third-order valence-electron chi connectivity index (χ3n) is 4.28. The summed E-state index contributed by atoms with van der Waals surface area (Å²) < 4.78 is 6.82. The van der Waals surface area contributed by atoms with Crippen LogP contribution < -0.4 is 0 Å². The van der Waals surface area contributed by atoms with Crippen LogP contribution in [0.15, 0.2) is 29.0 Å². The smallest absolute Gasteiger partial charge is 0.259 e. The molecule has 9 heteroatoms. The second-order valence-electron chi connectivity index (χ2n) is 6.01. The highest BCUT2D eigenvalue weighted by atomic mass is 32.2. The molecule has 0 N–H and O–H groups in total. The SMILES string of the molecule is Cc1noc(-c2ccc(-n3ncc(C(=O)N4CCSCC4)c3C)nc2)n1. The summed E-state index contributed by atoms with van der Waals surface area (Å²) >= 11 is 1.88. The Morgan fingerprint density at radius 2 is 2.00 bits per heavy atom. The van der Waals surface area contributed by atoms with Crippen LogP contribution in [0.4, 0.5) is 0 Å². The second-order valence-corrected chi connectivity index (χ2v) is 7.24. The number of rotatable bonds is 3. The number of aryl methyl sites for hydroxylation is 1. The topological polar surface area (TPSA) is 89.9 Å². The van der Waals surface area contributed by atoms with Crippen molar-refractivity contribution in [2.45, 2.75) is 13.8 Å². The number of amides is 1. The molecule has 8 nitrogen and oxygen atoms in total. The molecule has 1 aliphatic heterocycles. The number of thioether (sulfide) groups is 1. The van der Waals surface area contributed by atoms with Crippen molar-refractivity contribution in [3.8, 4) is 17.3 Å². The van der Waals surface area contributed by atoms with E-state index in [2.05, 4.69) is 20.2 Å². The van der Waals surface area contributed by atoms with Gasteiger partial charge >= 0.3 is 0 Å². The Balaban J connectivity index is 1.58. The van der Waals surface area contributed by atoms with Crippen LogP contribution in [-0.4, -0.2) is 60.3 Å². The van der Waals surface area contributed by atoms with Crippen molar-refractivity contribution in [1.29, 1.82) is 0 Å². The van der Waals surface area contributed by atoms with E-state index in [4.69, 9.17) is 4.52 Å². The van der Waals surface area contributed by atoms with Crippen LogP contribution in [0.2, 0.25) is 0 Å². The fourth-order valence-corrected chi connectivity index (χ4v) is 3.74. The van der Waals surface area contributed by atoms with Gasteiger partial charge in [0.15, 0.2) is 11.6 Å². The van der Waals surface area contributed by atoms with E-state index in [9.17, 15) is 4.79 Å². The van der Waals surface area contributed by atoms with Crippen molar-refractivity contribution in [3.63, 3.8) is 0 Å². The van der Waals surface area contributed by atoms with Gasteiger partial charge in [0.25, 0.3) is 11.8 Å². The van der Waals surface area contributed by atoms with Gasteiger partial charge in [0, 0.05) is 30.8 Å². The average Bonchev–Trinajstić information content (AvgIpc) is 3.28. The first-order valence-corrected chi connectivity index (χ1v) is 9.48. The lowest BCUT2D eigenvalue weighted by Gasteiger charge is -2.26. The Kier molecular flexibility index (Phi) is 4.46. The van der Waals surface area contributed by atoms with Crippen molar-refractivity contribution in [3.05, 3.63) is 41.6 Å². The number of carbonyl (C=O) groups is 1. The highest BCUT2D eigenvalue weighted by Crippen LogP contribution is 2.20. The predicted molar refractivity (Wildman–Crippen MR) is 97.4 cm³/mol. The van der Waals surface area contributed by atoms with Crippen LogP contribution in [0.25, 0.3) is 17.3 Å². The molecule has 26 heavy (non-hydrogen) atoms. The van der Waals surface area contributed by atoms with Gasteiger partial charge in [-0.05, 0) is 26.0 Å². The van der Waals surface area contributed by atoms with E-state index in [1.54, 1.807) is 24.0 Å². The number of hydrogen-bond donors (Lipinski definition) is 0. The molecule has 1 aliphatic rings. The zero-order valence-electron chi connectivity index (χ0n) is 14.5. The van der Waals surface area contributed by atoms with Crippen molar-refractivity contribution in [2.24, 2.45) is 0 Å². The van der Waals surface area contributed by atoms with Gasteiger partial charge in [-0.1, -0.05) is 5.16 Å². The van der Waals surface area contributed by atoms with Gasteiger partial charge in [0.1, 0.15) is 0 Å². The maximum Gasteiger partial charge on any atom is 0.259 e. The molecule has 0 spiro atoms. The Bertz CT molecular complexity index is 927. The summed E-state index contributed by atoms with van der Waals surface area (Å²) in [5, 5.41) is 8.14. The van der Waals surface area contributed by atoms with Crippen LogP contribution >= 0.6 is 11.8 Å². The van der Waals surface area contributed by atoms with Crippen molar-refractivity contribution < 1.29 is 9.32 Å². The Labute approximate surface area is 154 Å². The first kappa shape index (κ1) is 16.8. The zero-order valence-corrected chi connectivity index (χ0v) is 15.4. The maximum atomic E-state index is 12.7. The van der Waals surface area contributed by atoms with Crippen molar-refractivity contribution >= 4 is 17.7 Å². The number of carbonyl (C=O) groups excluding carboxylic acids is 1. The molecular weight excluding hydrogens is 352 g/mol. The molecule has 0 aromatic carbocycles. The van der Waals surface area contributed by atoms with E-state index in [1.807, 2.05) is 35.7 Å². The summed E-state index contributed by atoms with van der Waals surface area (Å²) in [7, 11) is 0.